The number of nitrogens with zero attached hydrogens (tertiary/aromatic N) is 1. The van der Waals surface area contributed by atoms with Gasteiger partial charge in [0.2, 0.25) is 0 Å². The number of hydrogen-bond donors (Lipinski definition) is 2. The van der Waals surface area contributed by atoms with Crippen LogP contribution in [0.1, 0.15) is 66.2 Å². The van der Waals surface area contributed by atoms with Gasteiger partial charge >= 0.3 is 0 Å². The lowest BCUT2D eigenvalue weighted by Crippen LogP contribution is -2.34. The van der Waals surface area contributed by atoms with Crippen molar-refractivity contribution in [3.63, 3.8) is 0 Å². The van der Waals surface area contributed by atoms with E-state index in [1.165, 1.54) is 25.2 Å². The van der Waals surface area contributed by atoms with Gasteiger partial charge in [0, 0.05) is 18.4 Å². The molecule has 1 aliphatic rings. The average molecular weight is 381 g/mol. The first-order valence-electron chi connectivity index (χ1n) is 9.96. The van der Waals surface area contributed by atoms with Crippen molar-refractivity contribution in [3.05, 3.63) is 53.9 Å². The lowest BCUT2D eigenvalue weighted by atomic mass is 10.1. The summed E-state index contributed by atoms with van der Waals surface area (Å²) in [6, 6.07) is 9.03. The molecule has 28 heavy (non-hydrogen) atoms. The van der Waals surface area contributed by atoms with Crippen LogP contribution >= 0.6 is 0 Å². The molecule has 2 N–H and O–H groups in total. The standard InChI is InChI=1S/C22H27N3O3/c1-2-28-20-12-8-7-11-19(20)25-22(27)17-13-16(14-23-15-17)21(26)24-18-9-5-3-4-6-10-18/h7-8,11-15,18H,2-6,9-10H2,1H3,(H,24,26)(H,25,27). The van der Waals surface area contributed by atoms with Crippen molar-refractivity contribution < 1.29 is 14.3 Å². The molecular weight excluding hydrogens is 354 g/mol. The molecule has 2 amide bonds. The van der Waals surface area contributed by atoms with Gasteiger partial charge in [-0.3, -0.25) is 14.6 Å². The van der Waals surface area contributed by atoms with Crippen molar-refractivity contribution in [1.29, 1.82) is 0 Å². The maximum Gasteiger partial charge on any atom is 0.257 e. The molecule has 6 heteroatoms. The van der Waals surface area contributed by atoms with Gasteiger partial charge in [0.25, 0.3) is 11.8 Å². The Morgan fingerprint density at radius 3 is 2.43 bits per heavy atom. The molecule has 0 radical (unpaired) electrons. The fraction of sp³-hybridized carbons (Fsp3) is 0.409. The number of benzene rings is 1. The molecule has 1 heterocycles. The van der Waals surface area contributed by atoms with Crippen LogP contribution < -0.4 is 15.4 Å². The molecule has 1 fully saturated rings. The van der Waals surface area contributed by atoms with Crippen LogP contribution in [0.5, 0.6) is 5.75 Å². The molecule has 1 saturated carbocycles. The van der Waals surface area contributed by atoms with Gasteiger partial charge in [-0.1, -0.05) is 37.8 Å². The van der Waals surface area contributed by atoms with Gasteiger partial charge < -0.3 is 15.4 Å². The molecule has 0 saturated heterocycles. The van der Waals surface area contributed by atoms with E-state index < -0.39 is 0 Å². The maximum atomic E-state index is 12.6. The number of anilines is 1. The predicted octanol–water partition coefficient (Wildman–Crippen LogP) is 4.19. The molecule has 0 atom stereocenters. The van der Waals surface area contributed by atoms with Gasteiger partial charge in [-0.2, -0.15) is 0 Å². The summed E-state index contributed by atoms with van der Waals surface area (Å²) in [5.41, 5.74) is 1.32. The van der Waals surface area contributed by atoms with Crippen molar-refractivity contribution in [2.45, 2.75) is 51.5 Å². The van der Waals surface area contributed by atoms with Gasteiger partial charge in [-0.15, -0.1) is 0 Å². The van der Waals surface area contributed by atoms with Crippen molar-refractivity contribution in [2.24, 2.45) is 0 Å². The summed E-state index contributed by atoms with van der Waals surface area (Å²) in [6.45, 7) is 2.39. The Morgan fingerprint density at radius 1 is 1.04 bits per heavy atom. The molecule has 2 aromatic rings. The van der Waals surface area contributed by atoms with Crippen molar-refractivity contribution in [2.75, 3.05) is 11.9 Å². The number of amides is 2. The average Bonchev–Trinajstić information content (AvgIpc) is 2.98. The van der Waals surface area contributed by atoms with E-state index in [1.54, 1.807) is 18.2 Å². The second-order valence-electron chi connectivity index (χ2n) is 7.01. The Balaban J connectivity index is 1.68. The van der Waals surface area contributed by atoms with E-state index in [-0.39, 0.29) is 17.9 Å². The van der Waals surface area contributed by atoms with E-state index in [4.69, 9.17) is 4.74 Å². The minimum Gasteiger partial charge on any atom is -0.492 e. The van der Waals surface area contributed by atoms with Crippen LogP contribution in [0.25, 0.3) is 0 Å². The molecule has 3 rings (SSSR count). The molecule has 0 unspecified atom stereocenters. The Hall–Kier alpha value is -2.89. The Bertz CT molecular complexity index is 814. The lowest BCUT2D eigenvalue weighted by Gasteiger charge is -2.16. The molecule has 1 aliphatic carbocycles. The third-order valence-electron chi connectivity index (χ3n) is 4.89. The first-order valence-corrected chi connectivity index (χ1v) is 9.96. The largest absolute Gasteiger partial charge is 0.492 e. The zero-order chi connectivity index (χ0) is 19.8. The van der Waals surface area contributed by atoms with Crippen LogP contribution in [-0.2, 0) is 0 Å². The van der Waals surface area contributed by atoms with Crippen molar-refractivity contribution in [3.8, 4) is 5.75 Å². The number of pyridine rings is 1. The minimum atomic E-state index is -0.330. The molecular formula is C22H27N3O3. The van der Waals surface area contributed by atoms with Gasteiger partial charge in [0.05, 0.1) is 23.4 Å². The smallest absolute Gasteiger partial charge is 0.257 e. The second kappa shape index (κ2) is 9.88. The molecule has 148 valence electrons. The highest BCUT2D eigenvalue weighted by molar-refractivity contribution is 6.06. The van der Waals surface area contributed by atoms with Crippen LogP contribution in [0, 0.1) is 0 Å². The van der Waals surface area contributed by atoms with E-state index in [9.17, 15) is 9.59 Å². The van der Waals surface area contributed by atoms with Crippen LogP contribution in [0.4, 0.5) is 5.69 Å². The molecule has 0 aliphatic heterocycles. The fourth-order valence-corrected chi connectivity index (χ4v) is 3.43. The SMILES string of the molecule is CCOc1ccccc1NC(=O)c1cncc(C(=O)NC2CCCCCC2)c1. The minimum absolute atomic E-state index is 0.177. The van der Waals surface area contributed by atoms with E-state index in [1.807, 2.05) is 19.1 Å². The number of rotatable bonds is 6. The summed E-state index contributed by atoms with van der Waals surface area (Å²) >= 11 is 0. The highest BCUT2D eigenvalue weighted by atomic mass is 16.5. The number of nitrogens with one attached hydrogen (secondary N) is 2. The summed E-state index contributed by atoms with van der Waals surface area (Å²) in [5, 5.41) is 5.92. The molecule has 6 nitrogen and oxygen atoms in total. The van der Waals surface area contributed by atoms with Crippen molar-refractivity contribution in [1.82, 2.24) is 10.3 Å². The number of aromatic nitrogens is 1. The van der Waals surface area contributed by atoms with Crippen LogP contribution in [0.15, 0.2) is 42.7 Å². The van der Waals surface area contributed by atoms with Gasteiger partial charge in [-0.25, -0.2) is 0 Å². The number of carbonyl (C=O) groups excluding carboxylic acids is 2. The maximum absolute atomic E-state index is 12.6. The predicted molar refractivity (Wildman–Crippen MR) is 109 cm³/mol. The number of para-hydroxylation sites is 2. The zero-order valence-corrected chi connectivity index (χ0v) is 16.2. The molecule has 1 aromatic carbocycles. The summed E-state index contributed by atoms with van der Waals surface area (Å²) in [4.78, 5) is 29.3. The first kappa shape index (κ1) is 19.9. The van der Waals surface area contributed by atoms with E-state index in [2.05, 4.69) is 15.6 Å². The summed E-state index contributed by atoms with van der Waals surface area (Å²) < 4.78 is 5.54. The molecule has 1 aromatic heterocycles. The highest BCUT2D eigenvalue weighted by Crippen LogP contribution is 2.24. The topological polar surface area (TPSA) is 80.3 Å². The van der Waals surface area contributed by atoms with Gasteiger partial charge in [0.1, 0.15) is 5.75 Å². The van der Waals surface area contributed by atoms with Gasteiger partial charge in [0.15, 0.2) is 0 Å². The molecule has 0 spiro atoms. The Labute approximate surface area is 165 Å². The summed E-state index contributed by atoms with van der Waals surface area (Å²) in [6.07, 6.45) is 9.72. The fourth-order valence-electron chi connectivity index (χ4n) is 3.43. The highest BCUT2D eigenvalue weighted by Gasteiger charge is 2.17. The van der Waals surface area contributed by atoms with E-state index >= 15 is 0 Å². The normalized spacial score (nSPS) is 14.8. The summed E-state index contributed by atoms with van der Waals surface area (Å²) in [7, 11) is 0. The van der Waals surface area contributed by atoms with Crippen LogP contribution in [0.2, 0.25) is 0 Å². The van der Waals surface area contributed by atoms with E-state index in [0.29, 0.717) is 29.2 Å². The second-order valence-corrected chi connectivity index (χ2v) is 7.01. The zero-order valence-electron chi connectivity index (χ0n) is 16.2. The van der Waals surface area contributed by atoms with Gasteiger partial charge in [-0.05, 0) is 38.0 Å². The number of carbonyl (C=O) groups is 2. The molecule has 0 bridgehead atoms. The monoisotopic (exact) mass is 381 g/mol. The quantitative estimate of drug-likeness (QED) is 0.736. The Kier molecular flexibility index (Phi) is 7.00. The third-order valence-corrected chi connectivity index (χ3v) is 4.89. The Morgan fingerprint density at radius 2 is 1.71 bits per heavy atom. The first-order chi connectivity index (χ1) is 13.7. The van der Waals surface area contributed by atoms with Crippen LogP contribution in [0.3, 0.4) is 0 Å². The van der Waals surface area contributed by atoms with E-state index in [0.717, 1.165) is 25.7 Å². The number of ether oxygens (including phenoxy) is 1. The number of hydrogen-bond acceptors (Lipinski definition) is 4. The third kappa shape index (κ3) is 5.31. The summed E-state index contributed by atoms with van der Waals surface area (Å²) in [5.74, 6) is 0.0982. The lowest BCUT2D eigenvalue weighted by molar-refractivity contribution is 0.0933. The van der Waals surface area contributed by atoms with Crippen molar-refractivity contribution >= 4 is 17.5 Å². The van der Waals surface area contributed by atoms with Crippen LogP contribution in [-0.4, -0.2) is 29.4 Å².